The van der Waals surface area contributed by atoms with Crippen molar-refractivity contribution in [2.45, 2.75) is 19.4 Å². The lowest BCUT2D eigenvalue weighted by Crippen LogP contribution is -2.62. The Balaban J connectivity index is 1.74. The van der Waals surface area contributed by atoms with Crippen LogP contribution in [0.2, 0.25) is 10.0 Å². The molecule has 0 unspecified atom stereocenters. The van der Waals surface area contributed by atoms with Gasteiger partial charge in [-0.1, -0.05) is 47.5 Å². The van der Waals surface area contributed by atoms with Gasteiger partial charge in [-0.2, -0.15) is 0 Å². The van der Waals surface area contributed by atoms with Crippen molar-refractivity contribution in [2.24, 2.45) is 0 Å². The molecule has 0 aliphatic heterocycles. The second-order valence-electron chi connectivity index (χ2n) is 7.27. The van der Waals surface area contributed by atoms with Gasteiger partial charge in [-0.05, 0) is 56.3 Å². The highest BCUT2D eigenvalue weighted by molar-refractivity contribution is 6.36. The third-order valence-corrected chi connectivity index (χ3v) is 5.03. The lowest BCUT2D eigenvalue weighted by molar-refractivity contribution is -0.141. The summed E-state index contributed by atoms with van der Waals surface area (Å²) >= 11 is 12.2. The standard InChI is InChI=1S/C23H20Cl2N4O2/c1-23(2,22(27)31-20(26)14-7-4-3-5-8-14)29-21(30)19-10-6-9-18(28-19)16-12-11-15(24)13-17(16)25/h3-13,26-27H,1-2H3,(H,29,30)/p+1. The minimum absolute atomic E-state index is 0.0217. The van der Waals surface area contributed by atoms with E-state index in [2.05, 4.69) is 10.3 Å². The fraction of sp³-hybridized carbons (Fsp3) is 0.130. The van der Waals surface area contributed by atoms with Crippen molar-refractivity contribution in [3.8, 4) is 11.3 Å². The Kier molecular flexibility index (Phi) is 6.73. The van der Waals surface area contributed by atoms with Gasteiger partial charge in [-0.25, -0.2) is 10.4 Å². The molecule has 158 valence electrons. The largest absolute Gasteiger partial charge is 0.388 e. The molecule has 2 aromatic carbocycles. The Labute approximate surface area is 190 Å². The zero-order valence-corrected chi connectivity index (χ0v) is 18.5. The fourth-order valence-electron chi connectivity index (χ4n) is 2.70. The number of hydrogen-bond acceptors (Lipinski definition) is 4. The van der Waals surface area contributed by atoms with Crippen LogP contribution in [0.15, 0.2) is 66.7 Å². The van der Waals surface area contributed by atoms with E-state index in [1.165, 1.54) is 0 Å². The Hall–Kier alpha value is -3.22. The van der Waals surface area contributed by atoms with Crippen LogP contribution in [0.5, 0.6) is 0 Å². The van der Waals surface area contributed by atoms with E-state index in [9.17, 15) is 4.79 Å². The molecule has 0 atom stereocenters. The van der Waals surface area contributed by atoms with Crippen LogP contribution in [0.1, 0.15) is 29.9 Å². The van der Waals surface area contributed by atoms with E-state index in [0.717, 1.165) is 0 Å². The number of nitrogens with two attached hydrogens (primary N) is 1. The predicted molar refractivity (Wildman–Crippen MR) is 123 cm³/mol. The molecule has 0 aliphatic carbocycles. The summed E-state index contributed by atoms with van der Waals surface area (Å²) in [5.41, 5.74) is 0.884. The molecular formula is C23H21Cl2N4O2+. The molecule has 3 aromatic rings. The van der Waals surface area contributed by atoms with Crippen molar-refractivity contribution in [2.75, 3.05) is 0 Å². The second kappa shape index (κ2) is 9.29. The van der Waals surface area contributed by atoms with Gasteiger partial charge < -0.3 is 10.1 Å². The van der Waals surface area contributed by atoms with Gasteiger partial charge in [0, 0.05) is 16.1 Å². The lowest BCUT2D eigenvalue weighted by Gasteiger charge is -2.22. The zero-order chi connectivity index (χ0) is 22.6. The van der Waals surface area contributed by atoms with Crippen molar-refractivity contribution in [1.82, 2.24) is 10.3 Å². The van der Waals surface area contributed by atoms with E-state index in [-0.39, 0.29) is 17.5 Å². The number of nitrogens with zero attached hydrogens (tertiary/aromatic N) is 1. The quantitative estimate of drug-likeness (QED) is 0.403. The molecule has 1 aromatic heterocycles. The molecule has 1 amide bonds. The first kappa shape index (κ1) is 22.5. The Morgan fingerprint density at radius 3 is 2.45 bits per heavy atom. The minimum atomic E-state index is -1.06. The summed E-state index contributed by atoms with van der Waals surface area (Å²) in [7, 11) is 0. The molecular weight excluding hydrogens is 435 g/mol. The van der Waals surface area contributed by atoms with Gasteiger partial charge in [0.25, 0.3) is 5.91 Å². The van der Waals surface area contributed by atoms with Gasteiger partial charge in [-0.15, -0.1) is 0 Å². The molecule has 0 radical (unpaired) electrons. The topological polar surface area (TPSA) is 101 Å². The Morgan fingerprint density at radius 1 is 1.06 bits per heavy atom. The van der Waals surface area contributed by atoms with Crippen LogP contribution in [-0.2, 0) is 4.74 Å². The molecule has 8 heteroatoms. The average molecular weight is 456 g/mol. The third kappa shape index (κ3) is 5.48. The molecule has 0 saturated heterocycles. The van der Waals surface area contributed by atoms with E-state index < -0.39 is 11.4 Å². The lowest BCUT2D eigenvalue weighted by atomic mass is 10.0. The Bertz CT molecular complexity index is 1150. The summed E-state index contributed by atoms with van der Waals surface area (Å²) in [6.07, 6.45) is 0. The van der Waals surface area contributed by atoms with Crippen molar-refractivity contribution in [3.63, 3.8) is 0 Å². The molecule has 31 heavy (non-hydrogen) atoms. The number of hydrogen-bond donors (Lipinski definition) is 3. The van der Waals surface area contributed by atoms with Gasteiger partial charge in [0.2, 0.25) is 5.90 Å². The van der Waals surface area contributed by atoms with Crippen molar-refractivity contribution in [1.29, 1.82) is 5.41 Å². The first-order chi connectivity index (χ1) is 14.7. The smallest absolute Gasteiger partial charge is 0.365 e. The van der Waals surface area contributed by atoms with Crippen LogP contribution >= 0.6 is 23.2 Å². The van der Waals surface area contributed by atoms with Gasteiger partial charge in [-0.3, -0.25) is 10.2 Å². The van der Waals surface area contributed by atoms with Crippen LogP contribution in [0.4, 0.5) is 0 Å². The fourth-order valence-corrected chi connectivity index (χ4v) is 3.21. The third-order valence-electron chi connectivity index (χ3n) is 4.48. The summed E-state index contributed by atoms with van der Waals surface area (Å²) in [5.74, 6) is -0.584. The molecule has 0 saturated carbocycles. The summed E-state index contributed by atoms with van der Waals surface area (Å²) in [6, 6.07) is 19.0. The highest BCUT2D eigenvalue weighted by atomic mass is 35.5. The number of aromatic nitrogens is 1. The average Bonchev–Trinajstić information content (AvgIpc) is 2.74. The maximum atomic E-state index is 12.8. The molecule has 4 N–H and O–H groups in total. The van der Waals surface area contributed by atoms with E-state index in [0.29, 0.717) is 26.9 Å². The molecule has 0 bridgehead atoms. The summed E-state index contributed by atoms with van der Waals surface area (Å²) in [4.78, 5) is 17.3. The number of amides is 1. The van der Waals surface area contributed by atoms with Crippen LogP contribution in [0, 0.1) is 5.41 Å². The van der Waals surface area contributed by atoms with Crippen LogP contribution in [0.3, 0.4) is 0 Å². The molecule has 6 nitrogen and oxygen atoms in total. The monoisotopic (exact) mass is 455 g/mol. The highest BCUT2D eigenvalue weighted by Crippen LogP contribution is 2.29. The van der Waals surface area contributed by atoms with E-state index in [1.54, 1.807) is 74.5 Å². The van der Waals surface area contributed by atoms with Gasteiger partial charge in [0.05, 0.1) is 10.7 Å². The SMILES string of the molecule is CC(C)(NC(=O)c1cccc(-c2ccc(Cl)cc2Cl)n1)C(=[NH2+])OC(=N)c1ccccc1. The van der Waals surface area contributed by atoms with Gasteiger partial charge in [0.1, 0.15) is 5.69 Å². The maximum absolute atomic E-state index is 12.8. The van der Waals surface area contributed by atoms with Crippen molar-refractivity contribution < 1.29 is 14.9 Å². The zero-order valence-electron chi connectivity index (χ0n) is 16.9. The number of carbonyl (C=O) groups excluding carboxylic acids is 1. The van der Waals surface area contributed by atoms with E-state index in [1.807, 2.05) is 6.07 Å². The molecule has 0 aliphatic rings. The normalized spacial score (nSPS) is 11.0. The summed E-state index contributed by atoms with van der Waals surface area (Å²) in [6.45, 7) is 3.36. The number of ether oxygens (including phenoxy) is 1. The second-order valence-corrected chi connectivity index (χ2v) is 8.12. The van der Waals surface area contributed by atoms with Gasteiger partial charge >= 0.3 is 5.90 Å². The van der Waals surface area contributed by atoms with Crippen LogP contribution < -0.4 is 10.7 Å². The number of benzene rings is 2. The van der Waals surface area contributed by atoms with Crippen molar-refractivity contribution >= 4 is 40.9 Å². The highest BCUT2D eigenvalue weighted by Gasteiger charge is 2.34. The van der Waals surface area contributed by atoms with E-state index >= 15 is 0 Å². The van der Waals surface area contributed by atoms with Crippen LogP contribution in [0.25, 0.3) is 11.3 Å². The molecule has 0 fully saturated rings. The number of halogens is 2. The number of pyridine rings is 1. The van der Waals surface area contributed by atoms with Crippen LogP contribution in [-0.4, -0.2) is 28.2 Å². The molecule has 1 heterocycles. The first-order valence-electron chi connectivity index (χ1n) is 9.37. The first-order valence-corrected chi connectivity index (χ1v) is 10.1. The summed E-state index contributed by atoms with van der Waals surface area (Å²) < 4.78 is 5.47. The maximum Gasteiger partial charge on any atom is 0.365 e. The van der Waals surface area contributed by atoms with E-state index in [4.69, 9.17) is 38.8 Å². The summed E-state index contributed by atoms with van der Waals surface area (Å²) in [5, 5.41) is 17.9. The van der Waals surface area contributed by atoms with Crippen molar-refractivity contribution in [3.05, 3.63) is 88.0 Å². The number of nitrogens with one attached hydrogen (secondary N) is 2. The molecule has 3 rings (SSSR count). The number of rotatable bonds is 5. The van der Waals surface area contributed by atoms with Gasteiger partial charge in [0.15, 0.2) is 5.54 Å². The predicted octanol–water partition coefficient (Wildman–Crippen LogP) is 3.76. The Morgan fingerprint density at radius 2 is 1.77 bits per heavy atom. The minimum Gasteiger partial charge on any atom is -0.388 e. The number of carbonyl (C=O) groups is 1. The molecule has 0 spiro atoms.